The number of rotatable bonds is 6. The standard InChI is InChI=1S/C20H23BrN2O2S/c1-4-5-10-25-18-9-8-15(21)12-16(18)19(24)23-20(26)22-17-11-13(2)6-7-14(17)3/h6-9,11-12H,4-5,10H2,1-3H3,(H2,22,23,24,26). The zero-order chi connectivity index (χ0) is 19.1. The molecule has 26 heavy (non-hydrogen) atoms. The van der Waals surface area contributed by atoms with E-state index >= 15 is 0 Å². The van der Waals surface area contributed by atoms with Crippen LogP contribution in [0.2, 0.25) is 0 Å². The molecule has 4 nitrogen and oxygen atoms in total. The molecule has 6 heteroatoms. The van der Waals surface area contributed by atoms with Crippen molar-refractivity contribution in [1.29, 1.82) is 0 Å². The second-order valence-electron chi connectivity index (χ2n) is 6.07. The molecule has 2 aromatic rings. The highest BCUT2D eigenvalue weighted by atomic mass is 79.9. The average Bonchev–Trinajstić information content (AvgIpc) is 2.59. The van der Waals surface area contributed by atoms with Crippen molar-refractivity contribution in [2.45, 2.75) is 33.6 Å². The normalized spacial score (nSPS) is 10.3. The van der Waals surface area contributed by atoms with E-state index in [-0.39, 0.29) is 11.0 Å². The van der Waals surface area contributed by atoms with E-state index in [0.29, 0.717) is 17.9 Å². The molecule has 0 saturated carbocycles. The van der Waals surface area contributed by atoms with Crippen molar-refractivity contribution in [3.8, 4) is 5.75 Å². The van der Waals surface area contributed by atoms with Gasteiger partial charge in [0.25, 0.3) is 5.91 Å². The van der Waals surface area contributed by atoms with Crippen LogP contribution in [0.3, 0.4) is 0 Å². The number of aryl methyl sites for hydroxylation is 2. The van der Waals surface area contributed by atoms with Crippen LogP contribution in [0.5, 0.6) is 5.75 Å². The number of carbonyl (C=O) groups excluding carboxylic acids is 1. The quantitative estimate of drug-likeness (QED) is 0.473. The largest absolute Gasteiger partial charge is 0.493 e. The Balaban J connectivity index is 2.09. The van der Waals surface area contributed by atoms with Crippen LogP contribution in [-0.2, 0) is 0 Å². The summed E-state index contributed by atoms with van der Waals surface area (Å²) in [6, 6.07) is 11.4. The van der Waals surface area contributed by atoms with E-state index in [1.807, 2.05) is 38.1 Å². The van der Waals surface area contributed by atoms with Gasteiger partial charge < -0.3 is 10.1 Å². The van der Waals surface area contributed by atoms with Crippen LogP contribution in [0.4, 0.5) is 5.69 Å². The molecule has 0 unspecified atom stereocenters. The zero-order valence-electron chi connectivity index (χ0n) is 15.2. The van der Waals surface area contributed by atoms with Gasteiger partial charge in [-0.25, -0.2) is 0 Å². The fourth-order valence-corrected chi connectivity index (χ4v) is 2.89. The molecule has 0 fully saturated rings. The number of anilines is 1. The highest BCUT2D eigenvalue weighted by Crippen LogP contribution is 2.24. The molecule has 0 aliphatic rings. The molecule has 138 valence electrons. The van der Waals surface area contributed by atoms with Gasteiger partial charge in [0.2, 0.25) is 0 Å². The maximum atomic E-state index is 12.7. The molecule has 0 aromatic heterocycles. The van der Waals surface area contributed by atoms with Gasteiger partial charge in [0.15, 0.2) is 5.11 Å². The van der Waals surface area contributed by atoms with Crippen LogP contribution in [0.25, 0.3) is 0 Å². The number of carbonyl (C=O) groups is 1. The van der Waals surface area contributed by atoms with Crippen molar-refractivity contribution in [3.05, 3.63) is 57.6 Å². The maximum Gasteiger partial charge on any atom is 0.261 e. The first-order chi connectivity index (χ1) is 12.4. The van der Waals surface area contributed by atoms with E-state index in [2.05, 4.69) is 33.5 Å². The Morgan fingerprint density at radius 2 is 1.96 bits per heavy atom. The van der Waals surface area contributed by atoms with E-state index in [4.69, 9.17) is 17.0 Å². The van der Waals surface area contributed by atoms with Crippen LogP contribution in [0, 0.1) is 13.8 Å². The smallest absolute Gasteiger partial charge is 0.261 e. The Kier molecular flexibility index (Phi) is 7.60. The summed E-state index contributed by atoms with van der Waals surface area (Å²) >= 11 is 8.70. The zero-order valence-corrected chi connectivity index (χ0v) is 17.6. The lowest BCUT2D eigenvalue weighted by molar-refractivity contribution is 0.0973. The fourth-order valence-electron chi connectivity index (χ4n) is 2.33. The van der Waals surface area contributed by atoms with Gasteiger partial charge in [0.05, 0.1) is 12.2 Å². The number of unbranched alkanes of at least 4 members (excludes halogenated alkanes) is 1. The van der Waals surface area contributed by atoms with Crippen LogP contribution >= 0.6 is 28.1 Å². The summed E-state index contributed by atoms with van der Waals surface area (Å²) in [4.78, 5) is 12.7. The monoisotopic (exact) mass is 434 g/mol. The first-order valence-corrected chi connectivity index (χ1v) is 9.72. The van der Waals surface area contributed by atoms with Crippen molar-refractivity contribution in [1.82, 2.24) is 5.32 Å². The van der Waals surface area contributed by atoms with Crippen molar-refractivity contribution in [2.75, 3.05) is 11.9 Å². The summed E-state index contributed by atoms with van der Waals surface area (Å²) < 4.78 is 6.55. The van der Waals surface area contributed by atoms with Gasteiger partial charge in [-0.15, -0.1) is 0 Å². The fraction of sp³-hybridized carbons (Fsp3) is 0.300. The molecule has 0 spiro atoms. The van der Waals surface area contributed by atoms with E-state index in [9.17, 15) is 4.79 Å². The van der Waals surface area contributed by atoms with E-state index in [1.165, 1.54) is 0 Å². The Morgan fingerprint density at radius 1 is 1.19 bits per heavy atom. The number of hydrogen-bond donors (Lipinski definition) is 2. The number of ether oxygens (including phenoxy) is 1. The van der Waals surface area contributed by atoms with Gasteiger partial charge in [-0.1, -0.05) is 41.4 Å². The minimum atomic E-state index is -0.305. The molecule has 2 N–H and O–H groups in total. The van der Waals surface area contributed by atoms with Crippen molar-refractivity contribution in [2.24, 2.45) is 0 Å². The third-order valence-corrected chi connectivity index (χ3v) is 4.51. The summed E-state index contributed by atoms with van der Waals surface area (Å²) in [6.07, 6.45) is 1.96. The van der Waals surface area contributed by atoms with E-state index in [0.717, 1.165) is 34.1 Å². The Morgan fingerprint density at radius 3 is 2.69 bits per heavy atom. The molecule has 2 aromatic carbocycles. The predicted octanol–water partition coefficient (Wildman–Crippen LogP) is 5.37. The van der Waals surface area contributed by atoms with Gasteiger partial charge in [-0.3, -0.25) is 10.1 Å². The summed E-state index contributed by atoms with van der Waals surface area (Å²) in [5.74, 6) is 0.245. The third-order valence-electron chi connectivity index (χ3n) is 3.81. The molecule has 0 atom stereocenters. The maximum absolute atomic E-state index is 12.7. The van der Waals surface area contributed by atoms with Gasteiger partial charge in [0, 0.05) is 10.2 Å². The molecule has 1 amide bonds. The van der Waals surface area contributed by atoms with Crippen molar-refractivity contribution < 1.29 is 9.53 Å². The highest BCUT2D eigenvalue weighted by Gasteiger charge is 2.15. The van der Waals surface area contributed by atoms with Gasteiger partial charge >= 0.3 is 0 Å². The van der Waals surface area contributed by atoms with Crippen molar-refractivity contribution >= 4 is 44.9 Å². The number of hydrogen-bond acceptors (Lipinski definition) is 3. The first kappa shape index (κ1) is 20.4. The van der Waals surface area contributed by atoms with Crippen LogP contribution in [0.15, 0.2) is 40.9 Å². The SMILES string of the molecule is CCCCOc1ccc(Br)cc1C(=O)NC(=S)Nc1cc(C)ccc1C. The summed E-state index contributed by atoms with van der Waals surface area (Å²) in [6.45, 7) is 6.66. The number of halogens is 1. The Bertz CT molecular complexity index is 808. The second-order valence-corrected chi connectivity index (χ2v) is 7.39. The Hall–Kier alpha value is -1.92. The van der Waals surface area contributed by atoms with Gasteiger partial charge in [0.1, 0.15) is 5.75 Å². The molecule has 0 aliphatic carbocycles. The summed E-state index contributed by atoms with van der Waals surface area (Å²) in [5, 5.41) is 6.07. The molecule has 0 radical (unpaired) electrons. The number of thiocarbonyl (C=S) groups is 1. The lowest BCUT2D eigenvalue weighted by Gasteiger charge is -2.14. The van der Waals surface area contributed by atoms with Gasteiger partial charge in [-0.2, -0.15) is 0 Å². The summed E-state index contributed by atoms with van der Waals surface area (Å²) in [7, 11) is 0. The molecule has 0 bridgehead atoms. The number of nitrogens with one attached hydrogen (secondary N) is 2. The second kappa shape index (κ2) is 9.69. The number of benzene rings is 2. The predicted molar refractivity (Wildman–Crippen MR) is 114 cm³/mol. The molecule has 0 heterocycles. The topological polar surface area (TPSA) is 50.4 Å². The van der Waals surface area contributed by atoms with Crippen LogP contribution < -0.4 is 15.4 Å². The lowest BCUT2D eigenvalue weighted by atomic mass is 10.1. The average molecular weight is 435 g/mol. The molecular formula is C20H23BrN2O2S. The first-order valence-electron chi connectivity index (χ1n) is 8.52. The lowest BCUT2D eigenvalue weighted by Crippen LogP contribution is -2.34. The van der Waals surface area contributed by atoms with Gasteiger partial charge in [-0.05, 0) is 67.9 Å². The van der Waals surface area contributed by atoms with Crippen LogP contribution in [-0.4, -0.2) is 17.6 Å². The molecule has 2 rings (SSSR count). The minimum absolute atomic E-state index is 0.253. The van der Waals surface area contributed by atoms with E-state index < -0.39 is 0 Å². The van der Waals surface area contributed by atoms with Crippen molar-refractivity contribution in [3.63, 3.8) is 0 Å². The molecule has 0 aliphatic heterocycles. The minimum Gasteiger partial charge on any atom is -0.493 e. The molecule has 0 saturated heterocycles. The Labute approximate surface area is 168 Å². The highest BCUT2D eigenvalue weighted by molar-refractivity contribution is 9.10. The van der Waals surface area contributed by atoms with E-state index in [1.54, 1.807) is 12.1 Å². The molecular weight excluding hydrogens is 412 g/mol. The van der Waals surface area contributed by atoms with Crippen LogP contribution in [0.1, 0.15) is 41.3 Å². The summed E-state index contributed by atoms with van der Waals surface area (Å²) in [5.41, 5.74) is 3.49. The third kappa shape index (κ3) is 5.81. The number of amides is 1.